The van der Waals surface area contributed by atoms with Crippen LogP contribution < -0.4 is 67.3 Å². The first kappa shape index (κ1) is 22.9. The quantitative estimate of drug-likeness (QED) is 0.415. The molecule has 0 bridgehead atoms. The predicted octanol–water partition coefficient (Wildman–Crippen LogP) is -8.20. The Balaban J connectivity index is -0.0000000300. The molecule has 0 aromatic carbocycles. The van der Waals surface area contributed by atoms with Crippen LogP contribution in [-0.4, -0.2) is 29.9 Å². The number of hydrogen-bond donors (Lipinski definition) is 0. The van der Waals surface area contributed by atoms with Crippen LogP contribution in [0, 0.1) is 0 Å². The molecule has 0 rings (SSSR count). The zero-order valence-corrected chi connectivity index (χ0v) is 14.3. The van der Waals surface area contributed by atoms with Crippen LogP contribution in [-0.2, 0) is 7.48 Å². The Bertz CT molecular complexity index is 77.3. The second-order valence-electron chi connectivity index (χ2n) is 0.879. The molecule has 2 radical (unpaired) electrons. The molecule has 8 heteroatoms. The Labute approximate surface area is 114 Å². The molecule has 0 amide bonds. The van der Waals surface area contributed by atoms with Crippen molar-refractivity contribution in [3.8, 4) is 0 Å². The molecule has 0 fully saturated rings. The molecular weight excluding hydrogens is 284 g/mol. The van der Waals surface area contributed by atoms with E-state index in [9.17, 15) is 0 Å². The fourth-order valence-corrected chi connectivity index (χ4v) is 0. The molecule has 0 N–H and O–H groups in total. The van der Waals surface area contributed by atoms with E-state index >= 15 is 0 Å². The molecule has 0 saturated heterocycles. The van der Waals surface area contributed by atoms with E-state index in [1.54, 1.807) is 0 Å². The molecule has 0 saturated carbocycles. The average Bonchev–Trinajstić information content (AvgIpc) is 1.25. The van der Waals surface area contributed by atoms with E-state index in [0.717, 1.165) is 0 Å². The molecule has 2 atom stereocenters. The first-order chi connectivity index (χ1) is 3.46. The van der Waals surface area contributed by atoms with Crippen molar-refractivity contribution in [3.63, 3.8) is 0 Å². The standard InChI is InChI=1S/2CH3AsO2.2Na/c2*1-2(3)4;;/h2*1H3;;/q2*-1;2*+1. The zero-order chi connectivity index (χ0) is 7.15. The molecule has 2 unspecified atom stereocenters. The summed E-state index contributed by atoms with van der Waals surface area (Å²) in [7, 11) is 0. The summed E-state index contributed by atoms with van der Waals surface area (Å²) in [6.07, 6.45) is 0. The maximum atomic E-state index is 9.12. The molecular formula is C2H6As2Na2O4. The Morgan fingerprint density at radius 2 is 0.900 bits per heavy atom. The van der Waals surface area contributed by atoms with Crippen LogP contribution in [0.3, 0.4) is 0 Å². The van der Waals surface area contributed by atoms with Gasteiger partial charge in [0.15, 0.2) is 0 Å². The fraction of sp³-hybridized carbons (Fsp3) is 1.00. The maximum absolute atomic E-state index is 9.12. The summed E-state index contributed by atoms with van der Waals surface area (Å²) in [6.45, 7) is 0. The SMILES string of the molecule is C[As](=O)[O-].C[As](=O)[O-].[Na+].[Na+]. The summed E-state index contributed by atoms with van der Waals surface area (Å²) < 4.78 is 36.5. The third-order valence-electron chi connectivity index (χ3n) is 0. The van der Waals surface area contributed by atoms with Gasteiger partial charge < -0.3 is 0 Å². The van der Waals surface area contributed by atoms with Gasteiger partial charge in [0, 0.05) is 0 Å². The van der Waals surface area contributed by atoms with Crippen LogP contribution >= 0.6 is 0 Å². The normalized spacial score (nSPS) is 8.80. The van der Waals surface area contributed by atoms with E-state index < -0.39 is 29.9 Å². The van der Waals surface area contributed by atoms with Crippen molar-refractivity contribution in [3.05, 3.63) is 0 Å². The fourth-order valence-electron chi connectivity index (χ4n) is 0. The third-order valence-corrected chi connectivity index (χ3v) is 0. The van der Waals surface area contributed by atoms with E-state index in [2.05, 4.69) is 0 Å². The monoisotopic (exact) mass is 290 g/mol. The van der Waals surface area contributed by atoms with Crippen LogP contribution in [0.2, 0.25) is 11.4 Å². The summed E-state index contributed by atoms with van der Waals surface area (Å²) in [5.41, 5.74) is 2.40. The smallest absolute Gasteiger partial charge is 1.00 e. The van der Waals surface area contributed by atoms with E-state index in [1.807, 2.05) is 0 Å². The maximum Gasteiger partial charge on any atom is 1.00 e. The molecule has 0 aliphatic rings. The minimum absolute atomic E-state index is 0. The van der Waals surface area contributed by atoms with Crippen molar-refractivity contribution in [2.75, 3.05) is 0 Å². The summed E-state index contributed by atoms with van der Waals surface area (Å²) in [5, 5.41) is 0. The van der Waals surface area contributed by atoms with Crippen molar-refractivity contribution in [2.24, 2.45) is 0 Å². The van der Waals surface area contributed by atoms with Crippen LogP contribution in [0.5, 0.6) is 0 Å². The molecule has 0 aromatic rings. The van der Waals surface area contributed by atoms with Gasteiger partial charge in [-0.05, 0) is 0 Å². The van der Waals surface area contributed by atoms with Crippen LogP contribution in [0.4, 0.5) is 0 Å². The Morgan fingerprint density at radius 1 is 0.900 bits per heavy atom. The van der Waals surface area contributed by atoms with Crippen molar-refractivity contribution in [2.45, 2.75) is 11.4 Å². The largest absolute Gasteiger partial charge is 1.00 e. The van der Waals surface area contributed by atoms with Crippen molar-refractivity contribution < 1.29 is 74.8 Å². The van der Waals surface area contributed by atoms with Crippen LogP contribution in [0.1, 0.15) is 0 Å². The Hall–Kier alpha value is 2.64. The van der Waals surface area contributed by atoms with Gasteiger partial charge in [0.2, 0.25) is 0 Å². The first-order valence-corrected chi connectivity index (χ1v) is 8.44. The second kappa shape index (κ2) is 17.7. The van der Waals surface area contributed by atoms with Gasteiger partial charge in [0.1, 0.15) is 0 Å². The van der Waals surface area contributed by atoms with E-state index in [0.29, 0.717) is 0 Å². The van der Waals surface area contributed by atoms with Crippen molar-refractivity contribution in [1.29, 1.82) is 0 Å². The first-order valence-electron chi connectivity index (χ1n) is 1.62. The predicted molar refractivity (Wildman–Crippen MR) is 24.6 cm³/mol. The minimum atomic E-state index is -2.69. The minimum Gasteiger partial charge on any atom is 1.00 e. The van der Waals surface area contributed by atoms with Gasteiger partial charge in [-0.1, -0.05) is 0 Å². The van der Waals surface area contributed by atoms with Crippen LogP contribution in [0.25, 0.3) is 0 Å². The van der Waals surface area contributed by atoms with Crippen molar-refractivity contribution in [1.82, 2.24) is 0 Å². The third kappa shape index (κ3) is 142. The van der Waals surface area contributed by atoms with Gasteiger partial charge in [-0.3, -0.25) is 0 Å². The van der Waals surface area contributed by atoms with Crippen LogP contribution in [0.15, 0.2) is 0 Å². The molecule has 50 valence electrons. The molecule has 0 aromatic heterocycles. The number of rotatable bonds is 0. The number of hydrogen-bond acceptors (Lipinski definition) is 4. The Morgan fingerprint density at radius 3 is 0.900 bits per heavy atom. The second-order valence-corrected chi connectivity index (χ2v) is 4.57. The molecule has 0 spiro atoms. The molecule has 4 nitrogen and oxygen atoms in total. The van der Waals surface area contributed by atoms with Gasteiger partial charge in [0.05, 0.1) is 0 Å². The topological polar surface area (TPSA) is 80.3 Å². The van der Waals surface area contributed by atoms with Gasteiger partial charge in [-0.25, -0.2) is 0 Å². The van der Waals surface area contributed by atoms with Gasteiger partial charge >= 0.3 is 116 Å². The Kier molecular flexibility index (Phi) is 40.5. The summed E-state index contributed by atoms with van der Waals surface area (Å²) >= 11 is -5.38. The summed E-state index contributed by atoms with van der Waals surface area (Å²) in [4.78, 5) is 0. The molecule has 0 heterocycles. The van der Waals surface area contributed by atoms with Gasteiger partial charge in [-0.2, -0.15) is 0 Å². The van der Waals surface area contributed by atoms with Gasteiger partial charge in [-0.15, -0.1) is 0 Å². The molecule has 0 aliphatic carbocycles. The zero-order valence-electron chi connectivity index (χ0n) is 6.53. The van der Waals surface area contributed by atoms with Crippen molar-refractivity contribution >= 4 is 29.9 Å². The van der Waals surface area contributed by atoms with Gasteiger partial charge in [0.25, 0.3) is 0 Å². The van der Waals surface area contributed by atoms with E-state index in [-0.39, 0.29) is 59.1 Å². The molecule has 10 heavy (non-hydrogen) atoms. The van der Waals surface area contributed by atoms with E-state index in [4.69, 9.17) is 15.7 Å². The summed E-state index contributed by atoms with van der Waals surface area (Å²) in [5.74, 6) is 0. The molecule has 0 aliphatic heterocycles. The summed E-state index contributed by atoms with van der Waals surface area (Å²) in [6, 6.07) is 0. The average molecular weight is 290 g/mol. The van der Waals surface area contributed by atoms with E-state index in [1.165, 1.54) is 11.4 Å².